The zero-order valence-corrected chi connectivity index (χ0v) is 9.63. The predicted octanol–water partition coefficient (Wildman–Crippen LogP) is 0.674. The number of hydrogen-bond donors (Lipinski definition) is 1. The van der Waals surface area contributed by atoms with E-state index in [1.807, 2.05) is 31.4 Å². The highest BCUT2D eigenvalue weighted by atomic mass is 16.1. The Bertz CT molecular complexity index is 492. The first-order valence-corrected chi connectivity index (χ1v) is 5.38. The van der Waals surface area contributed by atoms with Crippen LogP contribution in [0.5, 0.6) is 0 Å². The number of carbonyl (C=O) groups is 1. The van der Waals surface area contributed by atoms with Gasteiger partial charge in [-0.1, -0.05) is 6.07 Å². The predicted molar refractivity (Wildman–Crippen MR) is 63.0 cm³/mol. The second-order valence-electron chi connectivity index (χ2n) is 3.80. The molecule has 2 aromatic rings. The Kier molecular flexibility index (Phi) is 3.49. The molecule has 2 rings (SSSR count). The molecular formula is C12H14N4O. The monoisotopic (exact) mass is 230 g/mol. The smallest absolute Gasteiger partial charge is 0.226 e. The summed E-state index contributed by atoms with van der Waals surface area (Å²) in [6.07, 6.45) is 5.60. The van der Waals surface area contributed by atoms with Gasteiger partial charge in [0.05, 0.1) is 12.6 Å². The summed E-state index contributed by atoms with van der Waals surface area (Å²) in [5.41, 5.74) is 1.76. The molecular weight excluding hydrogens is 216 g/mol. The van der Waals surface area contributed by atoms with E-state index in [4.69, 9.17) is 0 Å². The van der Waals surface area contributed by atoms with Gasteiger partial charge in [0.1, 0.15) is 0 Å². The number of nitrogens with zero attached hydrogens (tertiary/aromatic N) is 3. The van der Waals surface area contributed by atoms with Gasteiger partial charge in [0.2, 0.25) is 5.91 Å². The second kappa shape index (κ2) is 5.25. The molecule has 0 bridgehead atoms. The van der Waals surface area contributed by atoms with Crippen LogP contribution in [0, 0.1) is 0 Å². The maximum atomic E-state index is 11.6. The molecule has 1 amide bonds. The molecule has 5 heteroatoms. The van der Waals surface area contributed by atoms with Crippen molar-refractivity contribution in [3.8, 4) is 0 Å². The third-order valence-electron chi connectivity index (χ3n) is 2.32. The summed E-state index contributed by atoms with van der Waals surface area (Å²) >= 11 is 0. The Morgan fingerprint density at radius 1 is 1.47 bits per heavy atom. The van der Waals surface area contributed by atoms with Crippen molar-refractivity contribution >= 4 is 5.91 Å². The number of rotatable bonds is 4. The average Bonchev–Trinajstić information content (AvgIpc) is 2.74. The van der Waals surface area contributed by atoms with Crippen molar-refractivity contribution < 1.29 is 4.79 Å². The van der Waals surface area contributed by atoms with Gasteiger partial charge in [-0.3, -0.25) is 14.5 Å². The van der Waals surface area contributed by atoms with E-state index in [1.165, 1.54) is 0 Å². The number of nitrogens with one attached hydrogen (secondary N) is 1. The van der Waals surface area contributed by atoms with Crippen LogP contribution in [0.3, 0.4) is 0 Å². The van der Waals surface area contributed by atoms with E-state index in [-0.39, 0.29) is 5.91 Å². The van der Waals surface area contributed by atoms with E-state index >= 15 is 0 Å². The summed E-state index contributed by atoms with van der Waals surface area (Å²) in [6.45, 7) is 0.500. The van der Waals surface area contributed by atoms with Crippen LogP contribution in [0.15, 0.2) is 36.8 Å². The highest BCUT2D eigenvalue weighted by molar-refractivity contribution is 5.78. The van der Waals surface area contributed by atoms with Gasteiger partial charge in [0.15, 0.2) is 0 Å². The molecule has 0 saturated heterocycles. The summed E-state index contributed by atoms with van der Waals surface area (Å²) in [7, 11) is 1.85. The van der Waals surface area contributed by atoms with Gasteiger partial charge in [0, 0.05) is 37.2 Å². The SMILES string of the molecule is Cn1cc(CNC(=O)Cc2ccccn2)cn1. The molecule has 0 aliphatic heterocycles. The summed E-state index contributed by atoms with van der Waals surface area (Å²) < 4.78 is 1.71. The third kappa shape index (κ3) is 3.41. The minimum Gasteiger partial charge on any atom is -0.352 e. The number of pyridine rings is 1. The van der Waals surface area contributed by atoms with Crippen molar-refractivity contribution in [1.29, 1.82) is 0 Å². The molecule has 0 fully saturated rings. The lowest BCUT2D eigenvalue weighted by Gasteiger charge is -2.02. The van der Waals surface area contributed by atoms with Crippen LogP contribution in [-0.4, -0.2) is 20.7 Å². The van der Waals surface area contributed by atoms with Crippen LogP contribution >= 0.6 is 0 Å². The number of aromatic nitrogens is 3. The molecule has 0 saturated carbocycles. The maximum Gasteiger partial charge on any atom is 0.226 e. The molecule has 0 aliphatic rings. The van der Waals surface area contributed by atoms with Crippen LogP contribution in [0.2, 0.25) is 0 Å². The lowest BCUT2D eigenvalue weighted by Crippen LogP contribution is -2.24. The number of carbonyl (C=O) groups excluding carboxylic acids is 1. The molecule has 1 N–H and O–H groups in total. The molecule has 0 aromatic carbocycles. The zero-order chi connectivity index (χ0) is 12.1. The molecule has 0 spiro atoms. The van der Waals surface area contributed by atoms with E-state index < -0.39 is 0 Å². The van der Waals surface area contributed by atoms with E-state index in [2.05, 4.69) is 15.4 Å². The average molecular weight is 230 g/mol. The fraction of sp³-hybridized carbons (Fsp3) is 0.250. The first-order chi connectivity index (χ1) is 8.24. The lowest BCUT2D eigenvalue weighted by atomic mass is 10.2. The first-order valence-electron chi connectivity index (χ1n) is 5.38. The topological polar surface area (TPSA) is 59.8 Å². The van der Waals surface area contributed by atoms with Gasteiger partial charge in [0.25, 0.3) is 0 Å². The van der Waals surface area contributed by atoms with Gasteiger partial charge in [-0.25, -0.2) is 0 Å². The Balaban J connectivity index is 1.82. The van der Waals surface area contributed by atoms with E-state index in [1.54, 1.807) is 17.1 Å². The van der Waals surface area contributed by atoms with E-state index in [0.717, 1.165) is 11.3 Å². The van der Waals surface area contributed by atoms with E-state index in [0.29, 0.717) is 13.0 Å². The normalized spacial score (nSPS) is 10.2. The maximum absolute atomic E-state index is 11.6. The van der Waals surface area contributed by atoms with Gasteiger partial charge in [-0.2, -0.15) is 5.10 Å². The Morgan fingerprint density at radius 2 is 2.35 bits per heavy atom. The van der Waals surface area contributed by atoms with Gasteiger partial charge in [-0.05, 0) is 12.1 Å². The molecule has 0 radical (unpaired) electrons. The van der Waals surface area contributed by atoms with Crippen molar-refractivity contribution in [2.24, 2.45) is 7.05 Å². The van der Waals surface area contributed by atoms with Crippen LogP contribution in [0.4, 0.5) is 0 Å². The van der Waals surface area contributed by atoms with Gasteiger partial charge in [-0.15, -0.1) is 0 Å². The van der Waals surface area contributed by atoms with Crippen LogP contribution in [-0.2, 0) is 24.8 Å². The molecule has 0 unspecified atom stereocenters. The Morgan fingerprint density at radius 3 is 3.00 bits per heavy atom. The third-order valence-corrected chi connectivity index (χ3v) is 2.32. The van der Waals surface area contributed by atoms with Gasteiger partial charge < -0.3 is 5.32 Å². The molecule has 0 aliphatic carbocycles. The summed E-state index contributed by atoms with van der Waals surface area (Å²) in [5, 5.41) is 6.86. The highest BCUT2D eigenvalue weighted by Crippen LogP contribution is 1.97. The van der Waals surface area contributed by atoms with Crippen molar-refractivity contribution in [1.82, 2.24) is 20.1 Å². The summed E-state index contributed by atoms with van der Waals surface area (Å²) in [5.74, 6) is -0.0347. The Hall–Kier alpha value is -2.17. The molecule has 2 heterocycles. The molecule has 5 nitrogen and oxygen atoms in total. The largest absolute Gasteiger partial charge is 0.352 e. The lowest BCUT2D eigenvalue weighted by molar-refractivity contribution is -0.120. The standard InChI is InChI=1S/C12H14N4O/c1-16-9-10(8-15-16)7-14-12(17)6-11-4-2-3-5-13-11/h2-5,8-9H,6-7H2,1H3,(H,14,17). The number of aryl methyl sites for hydroxylation is 1. The fourth-order valence-corrected chi connectivity index (χ4v) is 1.49. The molecule has 88 valence electrons. The first kappa shape index (κ1) is 11.3. The van der Waals surface area contributed by atoms with Crippen molar-refractivity contribution in [2.45, 2.75) is 13.0 Å². The summed E-state index contributed by atoms with van der Waals surface area (Å²) in [6, 6.07) is 5.54. The quantitative estimate of drug-likeness (QED) is 0.840. The minimum atomic E-state index is -0.0347. The van der Waals surface area contributed by atoms with Crippen LogP contribution < -0.4 is 5.32 Å². The van der Waals surface area contributed by atoms with Crippen LogP contribution in [0.25, 0.3) is 0 Å². The second-order valence-corrected chi connectivity index (χ2v) is 3.80. The van der Waals surface area contributed by atoms with Gasteiger partial charge >= 0.3 is 0 Å². The van der Waals surface area contributed by atoms with Crippen LogP contribution in [0.1, 0.15) is 11.3 Å². The minimum absolute atomic E-state index is 0.0347. The number of hydrogen-bond acceptors (Lipinski definition) is 3. The van der Waals surface area contributed by atoms with Crippen molar-refractivity contribution in [3.63, 3.8) is 0 Å². The molecule has 2 aromatic heterocycles. The van der Waals surface area contributed by atoms with Crippen molar-refractivity contribution in [2.75, 3.05) is 0 Å². The fourth-order valence-electron chi connectivity index (χ4n) is 1.49. The Labute approximate surface area is 99.5 Å². The molecule has 17 heavy (non-hydrogen) atoms. The van der Waals surface area contributed by atoms with Crippen molar-refractivity contribution in [3.05, 3.63) is 48.0 Å². The zero-order valence-electron chi connectivity index (χ0n) is 9.63. The molecule has 0 atom stereocenters. The highest BCUT2D eigenvalue weighted by Gasteiger charge is 2.04. The summed E-state index contributed by atoms with van der Waals surface area (Å²) in [4.78, 5) is 15.7. The number of amides is 1. The van der Waals surface area contributed by atoms with E-state index in [9.17, 15) is 4.79 Å².